The summed E-state index contributed by atoms with van der Waals surface area (Å²) in [7, 11) is 1.56. The van der Waals surface area contributed by atoms with Gasteiger partial charge < -0.3 is 10.5 Å². The van der Waals surface area contributed by atoms with Crippen molar-refractivity contribution in [3.63, 3.8) is 0 Å². The number of methoxy groups -OCH3 is 1. The first-order valence-corrected chi connectivity index (χ1v) is 5.99. The molecular formula is C9H14NOP. The van der Waals surface area contributed by atoms with Gasteiger partial charge in [0, 0.05) is 17.1 Å². The van der Waals surface area contributed by atoms with Gasteiger partial charge in [-0.2, -0.15) is 0 Å². The van der Waals surface area contributed by atoms with E-state index in [2.05, 4.69) is 13.3 Å². The molecule has 0 atom stereocenters. The van der Waals surface area contributed by atoms with Crippen molar-refractivity contribution >= 4 is 18.9 Å². The quantitative estimate of drug-likeness (QED) is 0.558. The molecule has 0 fully saturated rings. The van der Waals surface area contributed by atoms with Crippen LogP contribution in [0.2, 0.25) is 0 Å². The predicted octanol–water partition coefficient (Wildman–Crippen LogP) is 1.64. The maximum atomic E-state index is 5.63. The van der Waals surface area contributed by atoms with Crippen LogP contribution in [-0.4, -0.2) is 20.4 Å². The van der Waals surface area contributed by atoms with E-state index >= 15 is 0 Å². The number of ether oxygens (including phenoxy) is 1. The fraction of sp³-hybridized carbons (Fsp3) is 0.333. The van der Waals surface area contributed by atoms with Gasteiger partial charge in [-0.1, -0.05) is 7.92 Å². The standard InChI is InChI=1S/C9H14NOP/c1-11-8-6-7(10)4-5-9(8)12(2)3/h4-6H,10H2,1-3H3. The Morgan fingerprint density at radius 2 is 2.00 bits per heavy atom. The van der Waals surface area contributed by atoms with Crippen LogP contribution in [0.1, 0.15) is 0 Å². The maximum absolute atomic E-state index is 5.63. The molecule has 0 radical (unpaired) electrons. The van der Waals surface area contributed by atoms with Gasteiger partial charge in [-0.05, 0) is 25.5 Å². The lowest BCUT2D eigenvalue weighted by molar-refractivity contribution is 0.418. The minimum Gasteiger partial charge on any atom is -0.496 e. The molecule has 0 saturated carbocycles. The fourth-order valence-electron chi connectivity index (χ4n) is 1.06. The lowest BCUT2D eigenvalue weighted by Gasteiger charge is -2.11. The van der Waals surface area contributed by atoms with Crippen LogP contribution < -0.4 is 15.8 Å². The third-order valence-electron chi connectivity index (χ3n) is 1.69. The van der Waals surface area contributed by atoms with E-state index in [1.165, 1.54) is 5.30 Å². The zero-order valence-electron chi connectivity index (χ0n) is 7.66. The minimum atomic E-state index is -0.115. The highest BCUT2D eigenvalue weighted by Crippen LogP contribution is 2.30. The van der Waals surface area contributed by atoms with Crippen molar-refractivity contribution in [2.45, 2.75) is 0 Å². The SMILES string of the molecule is COc1cc(N)ccc1P(C)C. The summed E-state index contributed by atoms with van der Waals surface area (Å²) in [6.45, 7) is 4.40. The zero-order valence-corrected chi connectivity index (χ0v) is 8.56. The topological polar surface area (TPSA) is 35.2 Å². The highest BCUT2D eigenvalue weighted by atomic mass is 31.1. The smallest absolute Gasteiger partial charge is 0.128 e. The second-order valence-corrected chi connectivity index (χ2v) is 5.10. The summed E-state index contributed by atoms with van der Waals surface area (Å²) in [6.07, 6.45) is 0. The summed E-state index contributed by atoms with van der Waals surface area (Å²) in [4.78, 5) is 0. The van der Waals surface area contributed by atoms with Crippen molar-refractivity contribution in [1.82, 2.24) is 0 Å². The zero-order chi connectivity index (χ0) is 9.14. The van der Waals surface area contributed by atoms with Crippen molar-refractivity contribution in [3.05, 3.63) is 18.2 Å². The van der Waals surface area contributed by atoms with E-state index in [-0.39, 0.29) is 7.92 Å². The Labute approximate surface area is 74.5 Å². The Morgan fingerprint density at radius 3 is 2.50 bits per heavy atom. The molecular weight excluding hydrogens is 169 g/mol. The van der Waals surface area contributed by atoms with Crippen molar-refractivity contribution in [3.8, 4) is 5.75 Å². The van der Waals surface area contributed by atoms with Crippen LogP contribution in [0.15, 0.2) is 18.2 Å². The van der Waals surface area contributed by atoms with Gasteiger partial charge in [-0.15, -0.1) is 0 Å². The van der Waals surface area contributed by atoms with Crippen LogP contribution >= 0.6 is 7.92 Å². The summed E-state index contributed by atoms with van der Waals surface area (Å²) < 4.78 is 5.22. The molecule has 0 amide bonds. The van der Waals surface area contributed by atoms with Crippen molar-refractivity contribution in [2.75, 3.05) is 26.2 Å². The monoisotopic (exact) mass is 183 g/mol. The van der Waals surface area contributed by atoms with Gasteiger partial charge in [0.05, 0.1) is 7.11 Å². The number of rotatable bonds is 2. The van der Waals surface area contributed by atoms with Gasteiger partial charge >= 0.3 is 0 Å². The summed E-state index contributed by atoms with van der Waals surface area (Å²) >= 11 is 0. The van der Waals surface area contributed by atoms with Gasteiger partial charge in [-0.3, -0.25) is 0 Å². The van der Waals surface area contributed by atoms with Crippen LogP contribution in [0.5, 0.6) is 5.75 Å². The molecule has 66 valence electrons. The average molecular weight is 183 g/mol. The minimum absolute atomic E-state index is 0.115. The highest BCUT2D eigenvalue weighted by Gasteiger charge is 2.05. The van der Waals surface area contributed by atoms with Crippen LogP contribution in [0.4, 0.5) is 5.69 Å². The second kappa shape index (κ2) is 3.77. The highest BCUT2D eigenvalue weighted by molar-refractivity contribution is 7.64. The van der Waals surface area contributed by atoms with Gasteiger partial charge in [0.1, 0.15) is 5.75 Å². The van der Waals surface area contributed by atoms with Crippen molar-refractivity contribution in [2.24, 2.45) is 0 Å². The van der Waals surface area contributed by atoms with Crippen molar-refractivity contribution < 1.29 is 4.74 Å². The maximum Gasteiger partial charge on any atom is 0.128 e. The molecule has 1 rings (SSSR count). The third-order valence-corrected chi connectivity index (χ3v) is 3.02. The Kier molecular flexibility index (Phi) is 2.93. The van der Waals surface area contributed by atoms with E-state index < -0.39 is 0 Å². The predicted molar refractivity (Wildman–Crippen MR) is 55.8 cm³/mol. The molecule has 0 aromatic heterocycles. The Balaban J connectivity index is 3.11. The van der Waals surface area contributed by atoms with Gasteiger partial charge in [0.2, 0.25) is 0 Å². The first kappa shape index (κ1) is 9.34. The van der Waals surface area contributed by atoms with E-state index in [9.17, 15) is 0 Å². The van der Waals surface area contributed by atoms with Gasteiger partial charge in [0.15, 0.2) is 0 Å². The lowest BCUT2D eigenvalue weighted by Crippen LogP contribution is -2.05. The first-order valence-electron chi connectivity index (χ1n) is 3.76. The Morgan fingerprint density at radius 1 is 1.33 bits per heavy atom. The van der Waals surface area contributed by atoms with Crippen LogP contribution in [0, 0.1) is 0 Å². The number of nitrogen functional groups attached to an aromatic ring is 1. The Hall–Kier alpha value is -0.750. The number of anilines is 1. The third kappa shape index (κ3) is 1.89. The summed E-state index contributed by atoms with van der Waals surface area (Å²) in [5.74, 6) is 0.908. The second-order valence-electron chi connectivity index (χ2n) is 2.83. The molecule has 0 spiro atoms. The fourth-order valence-corrected chi connectivity index (χ4v) is 2.03. The number of hydrogen-bond acceptors (Lipinski definition) is 2. The molecule has 0 heterocycles. The van der Waals surface area contributed by atoms with E-state index in [1.807, 2.05) is 18.2 Å². The van der Waals surface area contributed by atoms with Crippen LogP contribution in [0.3, 0.4) is 0 Å². The average Bonchev–Trinajstić information content (AvgIpc) is 2.03. The molecule has 2 N–H and O–H groups in total. The normalized spacial score (nSPS) is 10.3. The molecule has 2 nitrogen and oxygen atoms in total. The summed E-state index contributed by atoms with van der Waals surface area (Å²) in [5, 5.41) is 1.27. The molecule has 0 aliphatic carbocycles. The summed E-state index contributed by atoms with van der Waals surface area (Å²) in [5.41, 5.74) is 6.39. The molecule has 0 saturated heterocycles. The Bertz CT molecular complexity index is 273. The van der Waals surface area contributed by atoms with Crippen molar-refractivity contribution in [1.29, 1.82) is 0 Å². The molecule has 0 unspecified atom stereocenters. The molecule has 1 aromatic rings. The van der Waals surface area contributed by atoms with Gasteiger partial charge in [-0.25, -0.2) is 0 Å². The molecule has 12 heavy (non-hydrogen) atoms. The number of hydrogen-bond donors (Lipinski definition) is 1. The first-order chi connectivity index (χ1) is 5.65. The number of benzene rings is 1. The molecule has 1 aromatic carbocycles. The van der Waals surface area contributed by atoms with Gasteiger partial charge in [0.25, 0.3) is 0 Å². The molecule has 0 bridgehead atoms. The largest absolute Gasteiger partial charge is 0.496 e. The summed E-state index contributed by atoms with van der Waals surface area (Å²) in [6, 6.07) is 5.83. The molecule has 3 heteroatoms. The molecule has 0 aliphatic heterocycles. The van der Waals surface area contributed by atoms with E-state index in [0.29, 0.717) is 0 Å². The number of nitrogens with two attached hydrogens (primary N) is 1. The van der Waals surface area contributed by atoms with E-state index in [1.54, 1.807) is 7.11 Å². The van der Waals surface area contributed by atoms with Crippen LogP contribution in [0.25, 0.3) is 0 Å². The molecule has 0 aliphatic rings. The lowest BCUT2D eigenvalue weighted by atomic mass is 10.3. The van der Waals surface area contributed by atoms with E-state index in [0.717, 1.165) is 11.4 Å². The van der Waals surface area contributed by atoms with E-state index in [4.69, 9.17) is 10.5 Å². The van der Waals surface area contributed by atoms with Crippen LogP contribution in [-0.2, 0) is 0 Å².